The number of nitrogens with zero attached hydrogens (tertiary/aromatic N) is 3. The number of thioether (sulfide) groups is 1. The Morgan fingerprint density at radius 1 is 1.33 bits per heavy atom. The van der Waals surface area contributed by atoms with Crippen LogP contribution in [0.4, 0.5) is 13.2 Å². The van der Waals surface area contributed by atoms with Gasteiger partial charge in [0.05, 0.1) is 24.4 Å². The first kappa shape index (κ1) is 17.2. The maximum absolute atomic E-state index is 13.0. The van der Waals surface area contributed by atoms with E-state index in [1.54, 1.807) is 10.6 Å². The smallest absolute Gasteiger partial charge is 0.381 e. The van der Waals surface area contributed by atoms with Crippen LogP contribution in [0.1, 0.15) is 17.8 Å². The highest BCUT2D eigenvalue weighted by Crippen LogP contribution is 2.32. The highest BCUT2D eigenvalue weighted by Gasteiger charge is 2.31. The van der Waals surface area contributed by atoms with Crippen LogP contribution in [-0.4, -0.2) is 33.7 Å². The van der Waals surface area contributed by atoms with Crippen LogP contribution < -0.4 is 5.73 Å². The lowest BCUT2D eigenvalue weighted by Crippen LogP contribution is -2.11. The number of alkyl halides is 3. The summed E-state index contributed by atoms with van der Waals surface area (Å²) in [7, 11) is 0. The maximum atomic E-state index is 13.0. The molecule has 5 nitrogen and oxygen atoms in total. The fourth-order valence-corrected chi connectivity index (χ4v) is 3.60. The number of benzene rings is 1. The van der Waals surface area contributed by atoms with E-state index in [-0.39, 0.29) is 6.54 Å². The van der Waals surface area contributed by atoms with Gasteiger partial charge in [0, 0.05) is 12.4 Å². The van der Waals surface area contributed by atoms with Crippen LogP contribution >= 0.6 is 11.8 Å². The van der Waals surface area contributed by atoms with Crippen molar-refractivity contribution in [2.24, 2.45) is 11.7 Å². The number of nitrogens with two attached hydrogens (primary N) is 1. The normalized spacial score (nSPS) is 18.2. The van der Waals surface area contributed by atoms with E-state index in [2.05, 4.69) is 10.2 Å². The van der Waals surface area contributed by atoms with Crippen molar-refractivity contribution < 1.29 is 17.9 Å². The fraction of sp³-hybridized carbons (Fsp3) is 0.467. The zero-order chi connectivity index (χ0) is 17.2. The molecule has 1 aromatic carbocycles. The van der Waals surface area contributed by atoms with Gasteiger partial charge in [0.25, 0.3) is 0 Å². The predicted molar refractivity (Wildman–Crippen MR) is 83.9 cm³/mol. The minimum atomic E-state index is -4.40. The Labute approximate surface area is 141 Å². The molecule has 1 aliphatic heterocycles. The van der Waals surface area contributed by atoms with Crippen LogP contribution in [0.3, 0.4) is 0 Å². The highest BCUT2D eigenvalue weighted by atomic mass is 32.2. The van der Waals surface area contributed by atoms with Crippen LogP contribution in [0, 0.1) is 5.92 Å². The van der Waals surface area contributed by atoms with Crippen molar-refractivity contribution in [3.05, 3.63) is 35.7 Å². The molecule has 1 aliphatic rings. The third kappa shape index (κ3) is 3.73. The SMILES string of the molecule is NCc1nnc(SC[C@H]2CCOC2)n1-c1cccc(C(F)(F)F)c1. The molecule has 0 spiro atoms. The Balaban J connectivity index is 1.89. The van der Waals surface area contributed by atoms with Crippen molar-refractivity contribution in [2.75, 3.05) is 19.0 Å². The maximum Gasteiger partial charge on any atom is 0.416 e. The van der Waals surface area contributed by atoms with E-state index in [0.717, 1.165) is 30.9 Å². The average Bonchev–Trinajstić information content (AvgIpc) is 3.21. The molecule has 1 aromatic heterocycles. The summed E-state index contributed by atoms with van der Waals surface area (Å²) in [5.41, 5.74) is 5.32. The van der Waals surface area contributed by atoms with Gasteiger partial charge in [-0.1, -0.05) is 17.8 Å². The van der Waals surface area contributed by atoms with Crippen LogP contribution in [-0.2, 0) is 17.5 Å². The van der Waals surface area contributed by atoms with E-state index in [0.29, 0.717) is 29.2 Å². The van der Waals surface area contributed by atoms with Crippen molar-refractivity contribution in [2.45, 2.75) is 24.3 Å². The third-order valence-electron chi connectivity index (χ3n) is 3.79. The Hall–Kier alpha value is -1.58. The monoisotopic (exact) mass is 358 g/mol. The molecule has 2 N–H and O–H groups in total. The minimum absolute atomic E-state index is 0.0936. The van der Waals surface area contributed by atoms with Gasteiger partial charge in [-0.3, -0.25) is 4.57 Å². The zero-order valence-corrected chi connectivity index (χ0v) is 13.6. The van der Waals surface area contributed by atoms with Crippen LogP contribution in [0.2, 0.25) is 0 Å². The summed E-state index contributed by atoms with van der Waals surface area (Å²) in [6.07, 6.45) is -3.42. The molecule has 2 aromatic rings. The zero-order valence-electron chi connectivity index (χ0n) is 12.8. The summed E-state index contributed by atoms with van der Waals surface area (Å²) in [4.78, 5) is 0. The molecular weight excluding hydrogens is 341 g/mol. The van der Waals surface area contributed by atoms with Gasteiger partial charge in [0.2, 0.25) is 0 Å². The van der Waals surface area contributed by atoms with E-state index in [9.17, 15) is 13.2 Å². The minimum Gasteiger partial charge on any atom is -0.381 e. The van der Waals surface area contributed by atoms with Crippen molar-refractivity contribution in [1.82, 2.24) is 14.8 Å². The van der Waals surface area contributed by atoms with Gasteiger partial charge < -0.3 is 10.5 Å². The third-order valence-corrected chi connectivity index (χ3v) is 4.95. The summed E-state index contributed by atoms with van der Waals surface area (Å²) in [6.45, 7) is 1.55. The van der Waals surface area contributed by atoms with Crippen molar-refractivity contribution in [3.63, 3.8) is 0 Å². The fourth-order valence-electron chi connectivity index (χ4n) is 2.51. The van der Waals surface area contributed by atoms with Crippen molar-refractivity contribution >= 4 is 11.8 Å². The number of ether oxygens (including phenoxy) is 1. The quantitative estimate of drug-likeness (QED) is 0.833. The van der Waals surface area contributed by atoms with Crippen LogP contribution in [0.5, 0.6) is 0 Å². The molecule has 1 saturated heterocycles. The van der Waals surface area contributed by atoms with Gasteiger partial charge in [-0.25, -0.2) is 0 Å². The Bertz CT molecular complexity index is 698. The number of hydrogen-bond acceptors (Lipinski definition) is 5. The first-order valence-corrected chi connectivity index (χ1v) is 8.50. The summed E-state index contributed by atoms with van der Waals surface area (Å²) < 4.78 is 45.8. The van der Waals surface area contributed by atoms with Crippen molar-refractivity contribution in [3.8, 4) is 5.69 Å². The molecule has 3 rings (SSSR count). The lowest BCUT2D eigenvalue weighted by molar-refractivity contribution is -0.137. The molecule has 24 heavy (non-hydrogen) atoms. The molecule has 2 heterocycles. The van der Waals surface area contributed by atoms with E-state index in [4.69, 9.17) is 10.5 Å². The molecule has 1 atom stereocenters. The van der Waals surface area contributed by atoms with Crippen LogP contribution in [0.15, 0.2) is 29.4 Å². The number of halogens is 3. The van der Waals surface area contributed by atoms with E-state index >= 15 is 0 Å². The number of rotatable bonds is 5. The lowest BCUT2D eigenvalue weighted by Gasteiger charge is -2.13. The molecule has 0 amide bonds. The van der Waals surface area contributed by atoms with E-state index in [1.807, 2.05) is 0 Å². The average molecular weight is 358 g/mol. The predicted octanol–water partition coefficient (Wildman–Crippen LogP) is 2.87. The van der Waals surface area contributed by atoms with Gasteiger partial charge in [-0.2, -0.15) is 13.2 Å². The topological polar surface area (TPSA) is 66.0 Å². The Kier molecular flexibility index (Phi) is 5.12. The van der Waals surface area contributed by atoms with Crippen LogP contribution in [0.25, 0.3) is 5.69 Å². The Morgan fingerprint density at radius 3 is 2.83 bits per heavy atom. The molecular formula is C15H17F3N4OS. The van der Waals surface area contributed by atoms with Crippen molar-refractivity contribution in [1.29, 1.82) is 0 Å². The first-order valence-electron chi connectivity index (χ1n) is 7.51. The van der Waals surface area contributed by atoms with Gasteiger partial charge in [-0.15, -0.1) is 10.2 Å². The molecule has 0 radical (unpaired) electrons. The van der Waals surface area contributed by atoms with Gasteiger partial charge in [0.1, 0.15) is 0 Å². The molecule has 9 heteroatoms. The van der Waals surface area contributed by atoms with E-state index in [1.165, 1.54) is 17.8 Å². The molecule has 0 aliphatic carbocycles. The Morgan fingerprint density at radius 2 is 2.17 bits per heavy atom. The summed E-state index contributed by atoms with van der Waals surface area (Å²) in [5, 5.41) is 8.64. The molecule has 130 valence electrons. The summed E-state index contributed by atoms with van der Waals surface area (Å²) >= 11 is 1.46. The molecule has 0 bridgehead atoms. The summed E-state index contributed by atoms with van der Waals surface area (Å²) in [6, 6.07) is 5.10. The van der Waals surface area contributed by atoms with Gasteiger partial charge in [-0.05, 0) is 30.5 Å². The molecule has 1 fully saturated rings. The number of hydrogen-bond donors (Lipinski definition) is 1. The largest absolute Gasteiger partial charge is 0.416 e. The number of aromatic nitrogens is 3. The summed E-state index contributed by atoms with van der Waals surface area (Å²) in [5.74, 6) is 1.63. The highest BCUT2D eigenvalue weighted by molar-refractivity contribution is 7.99. The van der Waals surface area contributed by atoms with Gasteiger partial charge >= 0.3 is 6.18 Å². The van der Waals surface area contributed by atoms with E-state index < -0.39 is 11.7 Å². The van der Waals surface area contributed by atoms with Gasteiger partial charge in [0.15, 0.2) is 11.0 Å². The second-order valence-electron chi connectivity index (χ2n) is 5.53. The second-order valence-corrected chi connectivity index (χ2v) is 6.51. The first-order chi connectivity index (χ1) is 11.5. The lowest BCUT2D eigenvalue weighted by atomic mass is 10.2. The second kappa shape index (κ2) is 7.12. The molecule has 0 saturated carbocycles. The molecule has 0 unspecified atom stereocenters. The standard InChI is InChI=1S/C15H17F3N4OS/c16-15(17,18)11-2-1-3-12(6-11)22-13(7-19)20-21-14(22)24-9-10-4-5-23-8-10/h1-3,6,10H,4-5,7-9,19H2/t10-/m0/s1.